The van der Waals surface area contributed by atoms with Crippen molar-refractivity contribution >= 4 is 12.0 Å². The number of aliphatic hydroxyl groups is 11. The van der Waals surface area contributed by atoms with Crippen molar-refractivity contribution in [2.45, 2.75) is 117 Å². The zero-order chi connectivity index (χ0) is 44.0. The lowest BCUT2D eigenvalue weighted by Crippen LogP contribution is -2.61. The third-order valence-electron chi connectivity index (χ3n) is 10.4. The molecule has 0 spiro atoms. The lowest BCUT2D eigenvalue weighted by Gasteiger charge is -2.42. The van der Waals surface area contributed by atoms with E-state index in [0.717, 1.165) is 6.08 Å². The van der Waals surface area contributed by atoms with Crippen molar-refractivity contribution in [2.24, 2.45) is 0 Å². The first-order valence-electron chi connectivity index (χ1n) is 19.2. The Labute approximate surface area is 347 Å². The molecule has 0 bridgehead atoms. The fraction of sp³-hybridized carbons (Fsp3) is 0.590. The summed E-state index contributed by atoms with van der Waals surface area (Å²) < 4.78 is 49.3. The monoisotopic (exact) mass is 867 g/mol. The molecule has 19 atom stereocenters. The molecule has 0 aromatic heterocycles. The van der Waals surface area contributed by atoms with Crippen molar-refractivity contribution in [1.82, 2.24) is 0 Å². The Balaban J connectivity index is 0.950. The van der Waals surface area contributed by atoms with Gasteiger partial charge < -0.3 is 98.8 Å². The molecule has 2 aromatic carbocycles. The van der Waals surface area contributed by atoms with E-state index < -0.39 is 143 Å². The number of ether oxygens (including phenoxy) is 9. The van der Waals surface area contributed by atoms with Crippen LogP contribution < -0.4 is 4.74 Å². The summed E-state index contributed by atoms with van der Waals surface area (Å²) >= 11 is 0. The Kier molecular flexibility index (Phi) is 16.1. The van der Waals surface area contributed by atoms with Crippen LogP contribution in [0.3, 0.4) is 0 Å². The highest BCUT2D eigenvalue weighted by Crippen LogP contribution is 2.30. The van der Waals surface area contributed by atoms with Gasteiger partial charge in [0.1, 0.15) is 85.1 Å². The smallest absolute Gasteiger partial charge is 0.331 e. The average Bonchev–Trinajstić information content (AvgIpc) is 3.26. The predicted octanol–water partition coefficient (Wildman–Crippen LogP) is -4.56. The molecule has 4 fully saturated rings. The molecular formula is C39H49NO21. The Hall–Kier alpha value is -3.78. The highest BCUT2D eigenvalue weighted by Gasteiger charge is 2.48. The molecule has 4 saturated heterocycles. The lowest BCUT2D eigenvalue weighted by atomic mass is 9.99. The minimum absolute atomic E-state index is 0.144. The maximum Gasteiger partial charge on any atom is 0.331 e. The number of esters is 1. The largest absolute Gasteiger partial charge is 0.462 e. The van der Waals surface area contributed by atoms with E-state index in [1.54, 1.807) is 30.3 Å². The van der Waals surface area contributed by atoms with Crippen molar-refractivity contribution in [2.75, 3.05) is 26.4 Å². The maximum absolute atomic E-state index is 12.6. The number of nitrogens with zero attached hydrogens (tertiary/aromatic N) is 1. The van der Waals surface area contributed by atoms with Crippen molar-refractivity contribution in [3.05, 3.63) is 71.8 Å². The SMILES string of the molecule is N#C[C@@H](O[C@@H]1O[C@H](CO[C@@H]2OC[C@@H](OC(=O)C=Cc3ccc(O[C@@H]4O[C@H](CO[C@H]5OC[C@@H](O)[C@H](O)[C@H]5O)[C@H](O)[C@H](O)[C@H]4O)cc3)[C@@H](O)[C@H]2O)[C@H](O)[C@H](O)[C@H]1O)c1ccccc1. The van der Waals surface area contributed by atoms with Gasteiger partial charge in [0.15, 0.2) is 31.1 Å². The van der Waals surface area contributed by atoms with Crippen LogP contribution in [0, 0.1) is 11.3 Å². The van der Waals surface area contributed by atoms with E-state index in [0.29, 0.717) is 11.1 Å². The molecule has 0 radical (unpaired) electrons. The number of nitriles is 1. The van der Waals surface area contributed by atoms with Crippen molar-refractivity contribution in [3.8, 4) is 11.8 Å². The van der Waals surface area contributed by atoms with Gasteiger partial charge >= 0.3 is 5.97 Å². The molecule has 22 heteroatoms. The normalized spacial score (nSPS) is 39.9. The minimum atomic E-state index is -1.76. The van der Waals surface area contributed by atoms with Crippen LogP contribution in [0.5, 0.6) is 5.75 Å². The van der Waals surface area contributed by atoms with Gasteiger partial charge in [0.05, 0.1) is 32.5 Å². The molecule has 22 nitrogen and oxygen atoms in total. The van der Waals surface area contributed by atoms with Crippen LogP contribution in [0.1, 0.15) is 17.2 Å². The van der Waals surface area contributed by atoms with Gasteiger partial charge in [0.25, 0.3) is 0 Å². The van der Waals surface area contributed by atoms with E-state index in [1.807, 2.05) is 6.07 Å². The number of aliphatic hydroxyl groups excluding tert-OH is 11. The molecule has 2 aromatic rings. The van der Waals surface area contributed by atoms with Crippen LogP contribution >= 0.6 is 0 Å². The maximum atomic E-state index is 12.6. The van der Waals surface area contributed by atoms with E-state index in [-0.39, 0.29) is 12.4 Å². The number of carbonyl (C=O) groups excluding carboxylic acids is 1. The summed E-state index contributed by atoms with van der Waals surface area (Å²) in [5.74, 6) is -0.773. The van der Waals surface area contributed by atoms with Crippen LogP contribution in [-0.4, -0.2) is 199 Å². The third kappa shape index (κ3) is 11.2. The van der Waals surface area contributed by atoms with Crippen LogP contribution in [0.4, 0.5) is 0 Å². The second-order valence-electron chi connectivity index (χ2n) is 14.7. The van der Waals surface area contributed by atoms with E-state index in [2.05, 4.69) is 0 Å². The number of hydrogen-bond acceptors (Lipinski definition) is 22. The van der Waals surface area contributed by atoms with Gasteiger partial charge in [-0.05, 0) is 29.3 Å². The summed E-state index contributed by atoms with van der Waals surface area (Å²) in [5, 5.41) is 123. The van der Waals surface area contributed by atoms with Crippen LogP contribution in [0.2, 0.25) is 0 Å². The molecule has 61 heavy (non-hydrogen) atoms. The zero-order valence-corrected chi connectivity index (χ0v) is 32.1. The van der Waals surface area contributed by atoms with Crippen molar-refractivity contribution in [1.29, 1.82) is 5.26 Å². The fourth-order valence-corrected chi connectivity index (χ4v) is 6.73. The number of rotatable bonds is 14. The topological polar surface area (TPSA) is 346 Å². The van der Waals surface area contributed by atoms with Gasteiger partial charge in [-0.2, -0.15) is 5.26 Å². The minimum Gasteiger partial charge on any atom is -0.462 e. The van der Waals surface area contributed by atoms with Crippen molar-refractivity contribution in [3.63, 3.8) is 0 Å². The molecule has 0 aliphatic carbocycles. The van der Waals surface area contributed by atoms with E-state index in [9.17, 15) is 66.2 Å². The summed E-state index contributed by atoms with van der Waals surface area (Å²) in [6, 6.07) is 16.2. The van der Waals surface area contributed by atoms with E-state index >= 15 is 0 Å². The Morgan fingerprint density at radius 3 is 1.80 bits per heavy atom. The Morgan fingerprint density at radius 1 is 0.656 bits per heavy atom. The van der Waals surface area contributed by atoms with Gasteiger partial charge in [-0.15, -0.1) is 0 Å². The summed E-state index contributed by atoms with van der Waals surface area (Å²) in [4.78, 5) is 12.6. The van der Waals surface area contributed by atoms with Crippen LogP contribution in [0.15, 0.2) is 60.7 Å². The standard InChI is InChI=1S/C39H49NO21/c40-12-21(18-4-2-1-3-5-18)59-39-35(52)31(48)28(45)24(61-39)16-56-37-33(50)29(46)22(14-54-37)58-25(42)11-8-17-6-9-19(10-7-17)57-38-34(51)30(47)27(44)23(60-38)15-55-36-32(49)26(43)20(41)13-53-36/h1-11,20-24,26-39,41,43-52H,13-16H2/t20-,21-,22-,23-,24-,26+,27+,28+,29-,30+,31+,32-,33-,34-,35-,36-,37+,38-,39-/m1/s1. The highest BCUT2D eigenvalue weighted by molar-refractivity contribution is 5.87. The number of carbonyl (C=O) groups is 1. The van der Waals surface area contributed by atoms with Gasteiger partial charge in [-0.25, -0.2) is 4.79 Å². The third-order valence-corrected chi connectivity index (χ3v) is 10.4. The van der Waals surface area contributed by atoms with Crippen molar-refractivity contribution < 1.29 is 104 Å². The molecule has 4 heterocycles. The number of hydrogen-bond donors (Lipinski definition) is 11. The quantitative estimate of drug-likeness (QED) is 0.0629. The van der Waals surface area contributed by atoms with Crippen LogP contribution in [0.25, 0.3) is 6.08 Å². The molecule has 336 valence electrons. The first kappa shape index (κ1) is 46.7. The van der Waals surface area contributed by atoms with Gasteiger partial charge in [-0.3, -0.25) is 0 Å². The summed E-state index contributed by atoms with van der Waals surface area (Å²) in [5.41, 5.74) is 0.913. The fourth-order valence-electron chi connectivity index (χ4n) is 6.73. The lowest BCUT2D eigenvalue weighted by molar-refractivity contribution is -0.325. The Morgan fingerprint density at radius 2 is 1.20 bits per heavy atom. The summed E-state index contributed by atoms with van der Waals surface area (Å²) in [6.45, 7) is -1.75. The molecule has 4 aliphatic heterocycles. The molecule has 0 saturated carbocycles. The van der Waals surface area contributed by atoms with Gasteiger partial charge in [0, 0.05) is 6.08 Å². The second-order valence-corrected chi connectivity index (χ2v) is 14.7. The predicted molar refractivity (Wildman–Crippen MR) is 197 cm³/mol. The first-order valence-corrected chi connectivity index (χ1v) is 19.2. The first-order chi connectivity index (χ1) is 29.2. The van der Waals surface area contributed by atoms with Gasteiger partial charge in [0.2, 0.25) is 6.29 Å². The Bertz CT molecular complexity index is 1770. The molecular weight excluding hydrogens is 818 g/mol. The molecule has 0 amide bonds. The highest BCUT2D eigenvalue weighted by atomic mass is 16.7. The molecule has 0 unspecified atom stereocenters. The summed E-state index contributed by atoms with van der Waals surface area (Å²) in [7, 11) is 0. The average molecular weight is 868 g/mol. The van der Waals surface area contributed by atoms with E-state index in [1.165, 1.54) is 30.3 Å². The summed E-state index contributed by atoms with van der Waals surface area (Å²) in [6.07, 6.45) is -26.9. The second kappa shape index (κ2) is 21.1. The molecule has 11 N–H and O–H groups in total. The molecule has 4 aliphatic rings. The zero-order valence-electron chi connectivity index (χ0n) is 32.1. The number of benzene rings is 2. The van der Waals surface area contributed by atoms with Crippen LogP contribution in [-0.2, 0) is 42.7 Å². The van der Waals surface area contributed by atoms with E-state index in [4.69, 9.17) is 42.6 Å². The van der Waals surface area contributed by atoms with Gasteiger partial charge in [-0.1, -0.05) is 42.5 Å². The molecule has 6 rings (SSSR count).